The van der Waals surface area contributed by atoms with Gasteiger partial charge in [0.25, 0.3) is 5.56 Å². The highest BCUT2D eigenvalue weighted by Gasteiger charge is 2.16. The second-order valence-electron chi connectivity index (χ2n) is 5.66. The topological polar surface area (TPSA) is 71.3 Å². The number of aromatic nitrogens is 3. The Morgan fingerprint density at radius 3 is 2.65 bits per heavy atom. The van der Waals surface area contributed by atoms with Crippen LogP contribution in [0.15, 0.2) is 41.6 Å². The van der Waals surface area contributed by atoms with Gasteiger partial charge in [0, 0.05) is 50.2 Å². The Morgan fingerprint density at radius 2 is 2.00 bits per heavy atom. The van der Waals surface area contributed by atoms with Crippen molar-refractivity contribution in [3.63, 3.8) is 0 Å². The van der Waals surface area contributed by atoms with Crippen molar-refractivity contribution in [2.75, 3.05) is 38.1 Å². The van der Waals surface area contributed by atoms with Gasteiger partial charge in [-0.25, -0.2) is 4.68 Å². The van der Waals surface area contributed by atoms with Gasteiger partial charge in [0.2, 0.25) is 0 Å². The van der Waals surface area contributed by atoms with Crippen LogP contribution in [-0.4, -0.2) is 58.7 Å². The van der Waals surface area contributed by atoms with Gasteiger partial charge in [-0.15, -0.1) is 0 Å². The van der Waals surface area contributed by atoms with Gasteiger partial charge >= 0.3 is 0 Å². The number of rotatable bonds is 4. The number of carbonyl (C=O) groups is 1. The highest BCUT2D eigenvalue weighted by molar-refractivity contribution is 5.95. The number of nitrogens with zero attached hydrogens (tertiary/aromatic N) is 5. The summed E-state index contributed by atoms with van der Waals surface area (Å²) in [5.74, 6) is -0.181. The first kappa shape index (κ1) is 15.4. The number of carbonyl (C=O) groups excluding carboxylic acids is 1. The van der Waals surface area contributed by atoms with Gasteiger partial charge in [0.15, 0.2) is 5.78 Å². The quantitative estimate of drug-likeness (QED) is 0.755. The number of ketones is 1. The first-order valence-electron chi connectivity index (χ1n) is 7.57. The van der Waals surface area contributed by atoms with Crippen LogP contribution in [0.2, 0.25) is 0 Å². The molecule has 0 aromatic carbocycles. The van der Waals surface area contributed by atoms with Crippen molar-refractivity contribution in [1.82, 2.24) is 19.7 Å². The van der Waals surface area contributed by atoms with Crippen molar-refractivity contribution in [1.29, 1.82) is 0 Å². The minimum atomic E-state index is -0.265. The standard InChI is InChI=1S/C16H19N5O2/c1-19-5-7-20(8-6-19)14-9-16(23)21(18-11-14)12-15(22)13-3-2-4-17-10-13/h2-4,9-11H,5-8,12H2,1H3. The number of likely N-dealkylation sites (N-methyl/N-ethyl adjacent to an activating group) is 1. The second kappa shape index (κ2) is 6.70. The summed E-state index contributed by atoms with van der Waals surface area (Å²) in [6.07, 6.45) is 4.75. The van der Waals surface area contributed by atoms with E-state index in [4.69, 9.17) is 0 Å². The summed E-state index contributed by atoms with van der Waals surface area (Å²) in [6, 6.07) is 4.92. The van der Waals surface area contributed by atoms with E-state index < -0.39 is 0 Å². The zero-order valence-corrected chi connectivity index (χ0v) is 13.1. The van der Waals surface area contributed by atoms with Gasteiger partial charge in [-0.05, 0) is 19.2 Å². The average Bonchev–Trinajstić information content (AvgIpc) is 2.58. The number of Topliss-reactive ketones (excluding diaryl/α,β-unsaturated/α-hetero) is 1. The lowest BCUT2D eigenvalue weighted by Gasteiger charge is -2.33. The van der Waals surface area contributed by atoms with Crippen molar-refractivity contribution in [2.24, 2.45) is 0 Å². The lowest BCUT2D eigenvalue weighted by atomic mass is 10.2. The third kappa shape index (κ3) is 3.62. The van der Waals surface area contributed by atoms with E-state index in [0.717, 1.165) is 31.9 Å². The molecule has 0 N–H and O–H groups in total. The van der Waals surface area contributed by atoms with Crippen LogP contribution in [0.25, 0.3) is 0 Å². The zero-order chi connectivity index (χ0) is 16.2. The molecule has 0 radical (unpaired) electrons. The maximum Gasteiger partial charge on any atom is 0.269 e. The fourth-order valence-electron chi connectivity index (χ4n) is 2.54. The molecule has 2 aromatic heterocycles. The zero-order valence-electron chi connectivity index (χ0n) is 13.1. The summed E-state index contributed by atoms with van der Waals surface area (Å²) in [5, 5.41) is 4.15. The van der Waals surface area contributed by atoms with Gasteiger partial charge in [-0.1, -0.05) is 0 Å². The molecule has 0 spiro atoms. The number of piperazine rings is 1. The SMILES string of the molecule is CN1CCN(c2cnn(CC(=O)c3cccnc3)c(=O)c2)CC1. The Labute approximate surface area is 134 Å². The number of anilines is 1. The van der Waals surface area contributed by atoms with E-state index >= 15 is 0 Å². The van der Waals surface area contributed by atoms with E-state index in [1.807, 2.05) is 0 Å². The van der Waals surface area contributed by atoms with Crippen LogP contribution >= 0.6 is 0 Å². The van der Waals surface area contributed by atoms with Gasteiger partial charge in [-0.2, -0.15) is 5.10 Å². The summed E-state index contributed by atoms with van der Waals surface area (Å²) in [7, 11) is 2.08. The monoisotopic (exact) mass is 313 g/mol. The first-order valence-corrected chi connectivity index (χ1v) is 7.57. The molecule has 1 aliphatic heterocycles. The summed E-state index contributed by atoms with van der Waals surface area (Å²) in [5.41, 5.74) is 1.02. The minimum absolute atomic E-state index is 0.0758. The second-order valence-corrected chi connectivity index (χ2v) is 5.66. The predicted octanol–water partition coefficient (Wildman–Crippen LogP) is 0.273. The van der Waals surface area contributed by atoms with E-state index in [2.05, 4.69) is 26.9 Å². The fourth-order valence-corrected chi connectivity index (χ4v) is 2.54. The third-order valence-corrected chi connectivity index (χ3v) is 4.00. The minimum Gasteiger partial charge on any atom is -0.368 e. The van der Waals surface area contributed by atoms with Crippen LogP contribution in [0, 0.1) is 0 Å². The molecule has 1 saturated heterocycles. The average molecular weight is 313 g/mol. The molecule has 1 fully saturated rings. The van der Waals surface area contributed by atoms with E-state index in [1.54, 1.807) is 30.6 Å². The van der Waals surface area contributed by atoms with Crippen molar-refractivity contribution in [3.8, 4) is 0 Å². The van der Waals surface area contributed by atoms with Crippen LogP contribution in [0.5, 0.6) is 0 Å². The lowest BCUT2D eigenvalue weighted by molar-refractivity contribution is 0.0965. The smallest absolute Gasteiger partial charge is 0.269 e. The highest BCUT2D eigenvalue weighted by Crippen LogP contribution is 2.12. The van der Waals surface area contributed by atoms with Gasteiger partial charge in [-0.3, -0.25) is 14.6 Å². The number of hydrogen-bond donors (Lipinski definition) is 0. The Balaban J connectivity index is 1.72. The Kier molecular flexibility index (Phi) is 4.47. The van der Waals surface area contributed by atoms with E-state index in [0.29, 0.717) is 5.56 Å². The molecule has 2 aromatic rings. The van der Waals surface area contributed by atoms with E-state index in [1.165, 1.54) is 10.9 Å². The number of hydrogen-bond acceptors (Lipinski definition) is 6. The summed E-state index contributed by atoms with van der Waals surface area (Å²) < 4.78 is 1.19. The van der Waals surface area contributed by atoms with Crippen LogP contribution < -0.4 is 10.5 Å². The van der Waals surface area contributed by atoms with Crippen molar-refractivity contribution < 1.29 is 4.79 Å². The van der Waals surface area contributed by atoms with E-state index in [-0.39, 0.29) is 17.9 Å². The van der Waals surface area contributed by atoms with Crippen molar-refractivity contribution in [2.45, 2.75) is 6.54 Å². The first-order chi connectivity index (χ1) is 11.1. The van der Waals surface area contributed by atoms with Crippen LogP contribution in [0.4, 0.5) is 5.69 Å². The normalized spacial score (nSPS) is 15.6. The van der Waals surface area contributed by atoms with E-state index in [9.17, 15) is 9.59 Å². The molecule has 1 aliphatic rings. The van der Waals surface area contributed by atoms with Gasteiger partial charge in [0.1, 0.15) is 6.54 Å². The molecular formula is C16H19N5O2. The van der Waals surface area contributed by atoms with Crippen LogP contribution in [-0.2, 0) is 6.54 Å². The maximum atomic E-state index is 12.2. The molecule has 0 aliphatic carbocycles. The molecule has 0 unspecified atom stereocenters. The lowest BCUT2D eigenvalue weighted by Crippen LogP contribution is -2.45. The van der Waals surface area contributed by atoms with Crippen LogP contribution in [0.3, 0.4) is 0 Å². The van der Waals surface area contributed by atoms with Gasteiger partial charge in [0.05, 0.1) is 11.9 Å². The highest BCUT2D eigenvalue weighted by atomic mass is 16.1. The van der Waals surface area contributed by atoms with Crippen LogP contribution in [0.1, 0.15) is 10.4 Å². The number of pyridine rings is 1. The Hall–Kier alpha value is -2.54. The largest absolute Gasteiger partial charge is 0.368 e. The molecule has 0 amide bonds. The predicted molar refractivity (Wildman–Crippen MR) is 86.8 cm³/mol. The Bertz CT molecular complexity index is 736. The molecule has 7 nitrogen and oxygen atoms in total. The summed E-state index contributed by atoms with van der Waals surface area (Å²) >= 11 is 0. The summed E-state index contributed by atoms with van der Waals surface area (Å²) in [4.78, 5) is 32.6. The Morgan fingerprint density at radius 1 is 1.22 bits per heavy atom. The molecular weight excluding hydrogens is 294 g/mol. The molecule has 7 heteroatoms. The van der Waals surface area contributed by atoms with Gasteiger partial charge < -0.3 is 9.80 Å². The molecule has 3 heterocycles. The maximum absolute atomic E-state index is 12.2. The molecule has 23 heavy (non-hydrogen) atoms. The molecule has 120 valence electrons. The fraction of sp³-hybridized carbons (Fsp3) is 0.375. The third-order valence-electron chi connectivity index (χ3n) is 4.00. The molecule has 0 atom stereocenters. The van der Waals surface area contributed by atoms with Crippen molar-refractivity contribution >= 4 is 11.5 Å². The molecule has 0 saturated carbocycles. The van der Waals surface area contributed by atoms with Crippen molar-refractivity contribution in [3.05, 3.63) is 52.7 Å². The molecule has 0 bridgehead atoms. The molecule has 3 rings (SSSR count). The summed E-state index contributed by atoms with van der Waals surface area (Å²) in [6.45, 7) is 3.59.